The summed E-state index contributed by atoms with van der Waals surface area (Å²) in [6, 6.07) is 8.99. The van der Waals surface area contributed by atoms with Crippen molar-refractivity contribution >= 4 is 28.8 Å². The average molecular weight is 286 g/mol. The first-order valence-electron chi connectivity index (χ1n) is 6.14. The van der Waals surface area contributed by atoms with E-state index in [0.29, 0.717) is 16.3 Å². The second-order valence-electron chi connectivity index (χ2n) is 4.48. The maximum Gasteiger partial charge on any atom is 0.257 e. The summed E-state index contributed by atoms with van der Waals surface area (Å²) in [6.07, 6.45) is 5.24. The molecule has 100 valence electrons. The first-order chi connectivity index (χ1) is 9.65. The fourth-order valence-corrected chi connectivity index (χ4v) is 2.17. The minimum atomic E-state index is -0.175. The van der Waals surface area contributed by atoms with Crippen LogP contribution in [0.25, 0.3) is 5.65 Å². The van der Waals surface area contributed by atoms with Crippen molar-refractivity contribution in [1.82, 2.24) is 9.38 Å². The van der Waals surface area contributed by atoms with Crippen molar-refractivity contribution in [3.63, 3.8) is 0 Å². The van der Waals surface area contributed by atoms with Crippen molar-refractivity contribution in [3.05, 3.63) is 65.1 Å². The summed E-state index contributed by atoms with van der Waals surface area (Å²) in [7, 11) is 0. The smallest absolute Gasteiger partial charge is 0.257 e. The summed E-state index contributed by atoms with van der Waals surface area (Å²) < 4.78 is 1.81. The molecule has 0 unspecified atom stereocenters. The van der Waals surface area contributed by atoms with Crippen molar-refractivity contribution in [1.29, 1.82) is 0 Å². The Bertz CT molecular complexity index is 795. The Labute approximate surface area is 121 Å². The number of carbonyl (C=O) groups is 1. The molecule has 4 nitrogen and oxygen atoms in total. The number of benzene rings is 1. The Morgan fingerprint density at radius 2 is 2.15 bits per heavy atom. The number of fused-ring (bicyclic) bond motifs is 1. The number of anilines is 1. The second-order valence-corrected chi connectivity index (χ2v) is 4.88. The summed E-state index contributed by atoms with van der Waals surface area (Å²) in [6.45, 7) is 1.87. The normalized spacial score (nSPS) is 10.7. The van der Waals surface area contributed by atoms with Crippen LogP contribution in [-0.4, -0.2) is 15.3 Å². The minimum Gasteiger partial charge on any atom is -0.322 e. The number of nitrogens with one attached hydrogen (secondary N) is 1. The second kappa shape index (κ2) is 4.98. The number of halogens is 1. The van der Waals surface area contributed by atoms with Gasteiger partial charge in [-0.05, 0) is 36.8 Å². The number of amides is 1. The number of hydrogen-bond acceptors (Lipinski definition) is 2. The van der Waals surface area contributed by atoms with E-state index in [1.807, 2.05) is 19.1 Å². The van der Waals surface area contributed by atoms with Gasteiger partial charge in [0.25, 0.3) is 5.91 Å². The number of aromatic nitrogens is 2. The fourth-order valence-electron chi connectivity index (χ4n) is 1.99. The third-order valence-corrected chi connectivity index (χ3v) is 3.58. The lowest BCUT2D eigenvalue weighted by Gasteiger charge is -2.09. The van der Waals surface area contributed by atoms with E-state index in [9.17, 15) is 4.79 Å². The molecule has 1 aromatic carbocycles. The summed E-state index contributed by atoms with van der Waals surface area (Å²) >= 11 is 6.04. The van der Waals surface area contributed by atoms with Crippen molar-refractivity contribution < 1.29 is 4.79 Å². The van der Waals surface area contributed by atoms with E-state index in [0.717, 1.165) is 11.2 Å². The minimum absolute atomic E-state index is 0.175. The molecule has 0 saturated heterocycles. The molecule has 0 spiro atoms. The lowest BCUT2D eigenvalue weighted by Crippen LogP contribution is -2.13. The molecule has 0 aliphatic heterocycles. The van der Waals surface area contributed by atoms with Crippen LogP contribution in [0, 0.1) is 6.92 Å². The van der Waals surface area contributed by atoms with Crippen LogP contribution >= 0.6 is 11.6 Å². The molecule has 0 aliphatic carbocycles. The van der Waals surface area contributed by atoms with Gasteiger partial charge in [0, 0.05) is 29.3 Å². The monoisotopic (exact) mass is 285 g/mol. The molecule has 2 heterocycles. The highest BCUT2D eigenvalue weighted by atomic mass is 35.5. The average Bonchev–Trinajstić information content (AvgIpc) is 2.91. The lowest BCUT2D eigenvalue weighted by atomic mass is 10.2. The van der Waals surface area contributed by atoms with Gasteiger partial charge in [-0.1, -0.05) is 17.7 Å². The van der Waals surface area contributed by atoms with E-state index in [1.165, 1.54) is 0 Å². The molecule has 1 N–H and O–H groups in total. The van der Waals surface area contributed by atoms with Gasteiger partial charge < -0.3 is 9.72 Å². The molecule has 2 aromatic heterocycles. The van der Waals surface area contributed by atoms with Crippen LogP contribution in [0.15, 0.2) is 48.9 Å². The van der Waals surface area contributed by atoms with Gasteiger partial charge in [-0.25, -0.2) is 4.98 Å². The van der Waals surface area contributed by atoms with Gasteiger partial charge >= 0.3 is 0 Å². The van der Waals surface area contributed by atoms with Crippen LogP contribution in [-0.2, 0) is 0 Å². The number of hydrogen-bond donors (Lipinski definition) is 1. The van der Waals surface area contributed by atoms with Crippen molar-refractivity contribution in [2.75, 3.05) is 5.32 Å². The van der Waals surface area contributed by atoms with Gasteiger partial charge in [0.05, 0.1) is 5.56 Å². The van der Waals surface area contributed by atoms with Crippen LogP contribution < -0.4 is 5.32 Å². The molecule has 20 heavy (non-hydrogen) atoms. The Balaban J connectivity index is 1.90. The summed E-state index contributed by atoms with van der Waals surface area (Å²) in [4.78, 5) is 16.4. The fraction of sp³-hybridized carbons (Fsp3) is 0.0667. The first kappa shape index (κ1) is 12.7. The van der Waals surface area contributed by atoms with Gasteiger partial charge in [0.1, 0.15) is 5.65 Å². The van der Waals surface area contributed by atoms with Crippen LogP contribution in [0.1, 0.15) is 15.9 Å². The van der Waals surface area contributed by atoms with Gasteiger partial charge in [0.15, 0.2) is 0 Å². The van der Waals surface area contributed by atoms with E-state index in [1.54, 1.807) is 41.2 Å². The van der Waals surface area contributed by atoms with Gasteiger partial charge in [-0.2, -0.15) is 0 Å². The molecular formula is C15H12ClN3O. The van der Waals surface area contributed by atoms with Crippen LogP contribution in [0.2, 0.25) is 5.02 Å². The third kappa shape index (κ3) is 2.26. The number of nitrogens with zero attached hydrogens (tertiary/aromatic N) is 2. The predicted octanol–water partition coefficient (Wildman–Crippen LogP) is 3.55. The molecule has 0 radical (unpaired) electrons. The molecule has 0 saturated carbocycles. The van der Waals surface area contributed by atoms with Crippen molar-refractivity contribution in [3.8, 4) is 0 Å². The highest BCUT2D eigenvalue weighted by Gasteiger charge is 2.09. The van der Waals surface area contributed by atoms with E-state index >= 15 is 0 Å². The topological polar surface area (TPSA) is 46.4 Å². The molecule has 5 heteroatoms. The highest BCUT2D eigenvalue weighted by Crippen LogP contribution is 2.23. The number of pyridine rings is 1. The number of rotatable bonds is 2. The Kier molecular flexibility index (Phi) is 3.16. The van der Waals surface area contributed by atoms with Gasteiger partial charge in [-0.15, -0.1) is 0 Å². The largest absolute Gasteiger partial charge is 0.322 e. The zero-order chi connectivity index (χ0) is 14.1. The maximum atomic E-state index is 12.3. The molecule has 1 amide bonds. The van der Waals surface area contributed by atoms with E-state index in [-0.39, 0.29) is 5.91 Å². The standard InChI is InChI=1S/C15H12ClN3O/c1-10-12(16)3-2-4-13(10)18-15(20)11-5-6-14-17-7-8-19(14)9-11/h2-9H,1H3,(H,18,20). The van der Waals surface area contributed by atoms with Crippen LogP contribution in [0.4, 0.5) is 5.69 Å². The SMILES string of the molecule is Cc1c(Cl)cccc1NC(=O)c1ccc2nccn2c1. The van der Waals surface area contributed by atoms with Gasteiger partial charge in [0.2, 0.25) is 0 Å². The predicted molar refractivity (Wildman–Crippen MR) is 79.3 cm³/mol. The molecule has 3 aromatic rings. The van der Waals surface area contributed by atoms with Crippen LogP contribution in [0.3, 0.4) is 0 Å². The highest BCUT2D eigenvalue weighted by molar-refractivity contribution is 6.31. The quantitative estimate of drug-likeness (QED) is 0.783. The summed E-state index contributed by atoms with van der Waals surface area (Å²) in [5.41, 5.74) is 2.94. The zero-order valence-electron chi connectivity index (χ0n) is 10.8. The molecule has 0 atom stereocenters. The molecule has 0 aliphatic rings. The van der Waals surface area contributed by atoms with Crippen molar-refractivity contribution in [2.45, 2.75) is 6.92 Å². The molecule has 0 fully saturated rings. The van der Waals surface area contributed by atoms with E-state index in [2.05, 4.69) is 10.3 Å². The number of carbonyl (C=O) groups excluding carboxylic acids is 1. The molecule has 3 rings (SSSR count). The van der Waals surface area contributed by atoms with E-state index in [4.69, 9.17) is 11.6 Å². The van der Waals surface area contributed by atoms with E-state index < -0.39 is 0 Å². The zero-order valence-corrected chi connectivity index (χ0v) is 11.6. The first-order valence-corrected chi connectivity index (χ1v) is 6.52. The third-order valence-electron chi connectivity index (χ3n) is 3.17. The molecule has 0 bridgehead atoms. The van der Waals surface area contributed by atoms with Crippen molar-refractivity contribution in [2.24, 2.45) is 0 Å². The summed E-state index contributed by atoms with van der Waals surface area (Å²) in [5.74, 6) is -0.175. The Morgan fingerprint density at radius 3 is 3.00 bits per heavy atom. The Morgan fingerprint density at radius 1 is 1.30 bits per heavy atom. The molecular weight excluding hydrogens is 274 g/mol. The Hall–Kier alpha value is -2.33. The van der Waals surface area contributed by atoms with Gasteiger partial charge in [-0.3, -0.25) is 4.79 Å². The lowest BCUT2D eigenvalue weighted by molar-refractivity contribution is 0.102. The summed E-state index contributed by atoms with van der Waals surface area (Å²) in [5, 5.41) is 3.50. The number of imidazole rings is 1. The van der Waals surface area contributed by atoms with Crippen LogP contribution in [0.5, 0.6) is 0 Å². The maximum absolute atomic E-state index is 12.3.